The van der Waals surface area contributed by atoms with Crippen molar-refractivity contribution in [1.82, 2.24) is 4.90 Å². The van der Waals surface area contributed by atoms with Crippen LogP contribution in [-0.4, -0.2) is 55.7 Å². The summed E-state index contributed by atoms with van der Waals surface area (Å²) in [5, 5.41) is 0. The topological polar surface area (TPSA) is 66.9 Å². The van der Waals surface area contributed by atoms with E-state index in [9.17, 15) is 14.4 Å². The number of amides is 1. The van der Waals surface area contributed by atoms with Gasteiger partial charge in [-0.25, -0.2) is 0 Å². The normalized spacial score (nSPS) is 14.3. The van der Waals surface area contributed by atoms with Crippen molar-refractivity contribution in [1.29, 1.82) is 0 Å². The Morgan fingerprint density at radius 3 is 2.32 bits per heavy atom. The molecule has 7 heteroatoms. The van der Waals surface area contributed by atoms with Crippen LogP contribution in [0.25, 0.3) is 0 Å². The monoisotopic (exact) mass is 442 g/mol. The van der Waals surface area contributed by atoms with Crippen molar-refractivity contribution in [3.8, 4) is 5.75 Å². The van der Waals surface area contributed by atoms with Crippen LogP contribution in [0.4, 0.5) is 5.69 Å². The number of anilines is 1. The molecule has 2 aromatic rings. The highest BCUT2D eigenvalue weighted by molar-refractivity contribution is 7.14. The third-order valence-corrected chi connectivity index (χ3v) is 6.59. The molecule has 1 saturated heterocycles. The first-order valence-electron chi connectivity index (χ1n) is 10.7. The van der Waals surface area contributed by atoms with Gasteiger partial charge in [-0.05, 0) is 49.7 Å². The first-order chi connectivity index (χ1) is 15.0. The van der Waals surface area contributed by atoms with Crippen molar-refractivity contribution in [2.45, 2.75) is 39.0 Å². The third kappa shape index (κ3) is 6.66. The fourth-order valence-corrected chi connectivity index (χ4v) is 4.54. The van der Waals surface area contributed by atoms with Gasteiger partial charge in [0.2, 0.25) is 5.91 Å². The van der Waals surface area contributed by atoms with Crippen LogP contribution in [0.3, 0.4) is 0 Å². The van der Waals surface area contributed by atoms with Gasteiger partial charge < -0.3 is 14.5 Å². The Morgan fingerprint density at radius 2 is 1.65 bits per heavy atom. The maximum atomic E-state index is 12.6. The minimum Gasteiger partial charge on any atom is -0.497 e. The molecule has 166 valence electrons. The molecule has 2 heterocycles. The van der Waals surface area contributed by atoms with Crippen LogP contribution in [0.15, 0.2) is 36.4 Å². The van der Waals surface area contributed by atoms with E-state index in [0.717, 1.165) is 35.8 Å². The van der Waals surface area contributed by atoms with Crippen molar-refractivity contribution >= 4 is 34.5 Å². The molecular formula is C24H30N2O4S. The van der Waals surface area contributed by atoms with Crippen molar-refractivity contribution in [2.75, 3.05) is 38.2 Å². The maximum Gasteiger partial charge on any atom is 0.223 e. The second-order valence-corrected chi connectivity index (χ2v) is 9.08. The highest BCUT2D eigenvalue weighted by Crippen LogP contribution is 2.21. The molecule has 31 heavy (non-hydrogen) atoms. The number of ketones is 2. The van der Waals surface area contributed by atoms with E-state index in [1.807, 2.05) is 48.2 Å². The number of Topliss-reactive ketones (excluding diaryl/α,β-unsaturated/α-hetero) is 2. The Bertz CT molecular complexity index is 907. The summed E-state index contributed by atoms with van der Waals surface area (Å²) in [4.78, 5) is 42.9. The molecule has 0 N–H and O–H groups in total. The molecule has 1 aromatic carbocycles. The van der Waals surface area contributed by atoms with Gasteiger partial charge >= 0.3 is 0 Å². The second-order valence-electron chi connectivity index (χ2n) is 7.79. The van der Waals surface area contributed by atoms with Gasteiger partial charge in [0.1, 0.15) is 11.5 Å². The molecule has 1 aromatic heterocycles. The fourth-order valence-electron chi connectivity index (χ4n) is 3.71. The Morgan fingerprint density at radius 1 is 0.903 bits per heavy atom. The van der Waals surface area contributed by atoms with Gasteiger partial charge in [-0.15, -0.1) is 11.3 Å². The van der Waals surface area contributed by atoms with E-state index in [1.165, 1.54) is 11.3 Å². The molecule has 0 atom stereocenters. The number of carbonyl (C=O) groups excluding carboxylic acids is 3. The van der Waals surface area contributed by atoms with Gasteiger partial charge in [-0.3, -0.25) is 14.4 Å². The zero-order valence-corrected chi connectivity index (χ0v) is 19.1. The first-order valence-corrected chi connectivity index (χ1v) is 11.6. The Kier molecular flexibility index (Phi) is 8.23. The predicted octanol–water partition coefficient (Wildman–Crippen LogP) is 4.12. The van der Waals surface area contributed by atoms with Gasteiger partial charge in [0.15, 0.2) is 5.78 Å². The highest BCUT2D eigenvalue weighted by Gasteiger charge is 2.20. The van der Waals surface area contributed by atoms with E-state index < -0.39 is 0 Å². The van der Waals surface area contributed by atoms with Crippen LogP contribution in [0, 0.1) is 6.92 Å². The summed E-state index contributed by atoms with van der Waals surface area (Å²) in [5.41, 5.74) is 1.12. The molecule has 0 unspecified atom stereocenters. The molecule has 0 aliphatic carbocycles. The lowest BCUT2D eigenvalue weighted by Gasteiger charge is -2.24. The van der Waals surface area contributed by atoms with Crippen LogP contribution < -0.4 is 9.64 Å². The molecule has 0 saturated carbocycles. The van der Waals surface area contributed by atoms with Crippen LogP contribution in [-0.2, 0) is 9.59 Å². The summed E-state index contributed by atoms with van der Waals surface area (Å²) in [6.45, 7) is 4.96. The number of thiophene rings is 1. The van der Waals surface area contributed by atoms with Crippen LogP contribution in [0.1, 0.15) is 46.7 Å². The predicted molar refractivity (Wildman–Crippen MR) is 123 cm³/mol. The van der Waals surface area contributed by atoms with Gasteiger partial charge in [-0.2, -0.15) is 0 Å². The standard InChI is InChI=1S/C24H30N2O4S/c1-18-4-12-23(31-18)22(28)11-7-20(27)8-13-24(29)26-15-3-14-25(16-17-26)19-5-9-21(30-2)10-6-19/h4-6,9-10,12H,3,7-8,11,13-17H2,1-2H3. The number of ether oxygens (including phenoxy) is 1. The number of benzene rings is 1. The van der Waals surface area contributed by atoms with Crippen molar-refractivity contribution in [2.24, 2.45) is 0 Å². The van der Waals surface area contributed by atoms with E-state index in [-0.39, 0.29) is 43.2 Å². The molecule has 1 aliphatic rings. The highest BCUT2D eigenvalue weighted by atomic mass is 32.1. The van der Waals surface area contributed by atoms with Crippen molar-refractivity contribution < 1.29 is 19.1 Å². The fraction of sp³-hybridized carbons (Fsp3) is 0.458. The lowest BCUT2D eigenvalue weighted by Crippen LogP contribution is -2.35. The van der Waals surface area contributed by atoms with Crippen molar-refractivity contribution in [3.63, 3.8) is 0 Å². The quantitative estimate of drug-likeness (QED) is 0.547. The largest absolute Gasteiger partial charge is 0.497 e. The van der Waals surface area contributed by atoms with Crippen LogP contribution >= 0.6 is 11.3 Å². The summed E-state index contributed by atoms with van der Waals surface area (Å²) < 4.78 is 5.21. The lowest BCUT2D eigenvalue weighted by molar-refractivity contribution is -0.133. The number of methoxy groups -OCH3 is 1. The minimum absolute atomic E-state index is 0.00363. The first kappa shape index (κ1) is 23.0. The van der Waals surface area contributed by atoms with E-state index in [4.69, 9.17) is 4.74 Å². The smallest absolute Gasteiger partial charge is 0.223 e. The molecule has 0 radical (unpaired) electrons. The number of hydrogen-bond acceptors (Lipinski definition) is 6. The average Bonchev–Trinajstić information content (AvgIpc) is 3.07. The lowest BCUT2D eigenvalue weighted by atomic mass is 10.1. The molecule has 0 bridgehead atoms. The molecular weight excluding hydrogens is 412 g/mol. The van der Waals surface area contributed by atoms with E-state index >= 15 is 0 Å². The number of carbonyl (C=O) groups is 3. The summed E-state index contributed by atoms with van der Waals surface area (Å²) >= 11 is 1.45. The van der Waals surface area contributed by atoms with Crippen molar-refractivity contribution in [3.05, 3.63) is 46.2 Å². The van der Waals surface area contributed by atoms with Gasteiger partial charge in [0.25, 0.3) is 0 Å². The molecule has 0 spiro atoms. The van der Waals surface area contributed by atoms with Crippen LogP contribution in [0.5, 0.6) is 5.75 Å². The number of hydrogen-bond donors (Lipinski definition) is 0. The average molecular weight is 443 g/mol. The molecule has 6 nitrogen and oxygen atoms in total. The second kappa shape index (κ2) is 11.1. The number of rotatable bonds is 9. The van der Waals surface area contributed by atoms with Gasteiger partial charge in [0, 0.05) is 62.4 Å². The Balaban J connectivity index is 1.40. The molecule has 1 aliphatic heterocycles. The zero-order chi connectivity index (χ0) is 22.2. The summed E-state index contributed by atoms with van der Waals surface area (Å²) in [7, 11) is 1.65. The Hall–Kier alpha value is -2.67. The molecule has 3 rings (SSSR count). The Labute approximate surface area is 187 Å². The number of aryl methyl sites for hydroxylation is 1. The van der Waals surface area contributed by atoms with Gasteiger partial charge in [-0.1, -0.05) is 0 Å². The minimum atomic E-state index is -0.0235. The van der Waals surface area contributed by atoms with E-state index in [0.29, 0.717) is 18.0 Å². The SMILES string of the molecule is COc1ccc(N2CCCN(C(=O)CCC(=O)CCC(=O)c3ccc(C)s3)CC2)cc1. The summed E-state index contributed by atoms with van der Waals surface area (Å²) in [6.07, 6.45) is 1.73. The third-order valence-electron chi connectivity index (χ3n) is 5.55. The maximum absolute atomic E-state index is 12.6. The van der Waals surface area contributed by atoms with E-state index in [1.54, 1.807) is 7.11 Å². The molecule has 1 amide bonds. The van der Waals surface area contributed by atoms with Crippen LogP contribution in [0.2, 0.25) is 0 Å². The van der Waals surface area contributed by atoms with E-state index in [2.05, 4.69) is 4.90 Å². The summed E-state index contributed by atoms with van der Waals surface area (Å²) in [5.74, 6) is 0.825. The zero-order valence-electron chi connectivity index (χ0n) is 18.3. The number of nitrogens with zero attached hydrogens (tertiary/aromatic N) is 2. The summed E-state index contributed by atoms with van der Waals surface area (Å²) in [6, 6.07) is 11.7. The molecule has 1 fully saturated rings. The van der Waals surface area contributed by atoms with Gasteiger partial charge in [0.05, 0.1) is 12.0 Å².